The molecule has 5 nitrogen and oxygen atoms in total. The SMILES string of the molecule is CCOC(=O)C1(Cc2cccc(F)c2)CCN(C(=O)c2cccnc2)CC1. The molecule has 0 aliphatic carbocycles. The van der Waals surface area contributed by atoms with Crippen molar-refractivity contribution in [1.29, 1.82) is 0 Å². The fourth-order valence-corrected chi connectivity index (χ4v) is 3.58. The van der Waals surface area contributed by atoms with E-state index in [1.54, 1.807) is 42.4 Å². The minimum absolute atomic E-state index is 0.0914. The predicted molar refractivity (Wildman–Crippen MR) is 98.5 cm³/mol. The average Bonchev–Trinajstić information content (AvgIpc) is 2.69. The van der Waals surface area contributed by atoms with Gasteiger partial charge in [-0.15, -0.1) is 0 Å². The molecule has 0 atom stereocenters. The number of hydrogen-bond acceptors (Lipinski definition) is 4. The summed E-state index contributed by atoms with van der Waals surface area (Å²) < 4.78 is 18.9. The number of aromatic nitrogens is 1. The largest absolute Gasteiger partial charge is 0.466 e. The molecule has 1 aromatic carbocycles. The first-order chi connectivity index (χ1) is 13.0. The lowest BCUT2D eigenvalue weighted by Gasteiger charge is -2.40. The van der Waals surface area contributed by atoms with E-state index in [1.165, 1.54) is 12.1 Å². The summed E-state index contributed by atoms with van der Waals surface area (Å²) in [4.78, 5) is 31.1. The lowest BCUT2D eigenvalue weighted by Crippen LogP contribution is -2.48. The van der Waals surface area contributed by atoms with Gasteiger partial charge in [-0.05, 0) is 56.0 Å². The van der Waals surface area contributed by atoms with Gasteiger partial charge in [0.25, 0.3) is 5.91 Å². The van der Waals surface area contributed by atoms with E-state index in [4.69, 9.17) is 4.74 Å². The summed E-state index contributed by atoms with van der Waals surface area (Å²) in [5.41, 5.74) is 0.552. The summed E-state index contributed by atoms with van der Waals surface area (Å²) in [6.45, 7) is 2.96. The Morgan fingerprint density at radius 3 is 2.63 bits per heavy atom. The van der Waals surface area contributed by atoms with Gasteiger partial charge in [0, 0.05) is 25.5 Å². The third-order valence-electron chi connectivity index (χ3n) is 5.06. The molecule has 27 heavy (non-hydrogen) atoms. The zero-order valence-corrected chi connectivity index (χ0v) is 15.4. The summed E-state index contributed by atoms with van der Waals surface area (Å²) in [6.07, 6.45) is 4.53. The first-order valence-corrected chi connectivity index (χ1v) is 9.15. The number of halogens is 1. The van der Waals surface area contributed by atoms with Crippen LogP contribution in [0.3, 0.4) is 0 Å². The van der Waals surface area contributed by atoms with Crippen molar-refractivity contribution in [3.8, 4) is 0 Å². The molecule has 0 radical (unpaired) electrons. The van der Waals surface area contributed by atoms with Crippen LogP contribution in [0.4, 0.5) is 4.39 Å². The molecular weight excluding hydrogens is 347 g/mol. The first kappa shape index (κ1) is 19.0. The third-order valence-corrected chi connectivity index (χ3v) is 5.06. The van der Waals surface area contributed by atoms with Crippen LogP contribution in [0.25, 0.3) is 0 Å². The molecule has 1 fully saturated rings. The summed E-state index contributed by atoms with van der Waals surface area (Å²) in [5.74, 6) is -0.690. The van der Waals surface area contributed by atoms with Crippen LogP contribution >= 0.6 is 0 Å². The van der Waals surface area contributed by atoms with Gasteiger partial charge in [-0.1, -0.05) is 12.1 Å². The van der Waals surface area contributed by atoms with Crippen LogP contribution in [0.2, 0.25) is 0 Å². The highest BCUT2D eigenvalue weighted by Crippen LogP contribution is 2.37. The van der Waals surface area contributed by atoms with E-state index in [0.29, 0.717) is 44.5 Å². The second-order valence-corrected chi connectivity index (χ2v) is 6.84. The third kappa shape index (κ3) is 4.32. The van der Waals surface area contributed by atoms with Crippen LogP contribution in [0, 0.1) is 11.2 Å². The van der Waals surface area contributed by atoms with Crippen molar-refractivity contribution in [3.05, 3.63) is 65.7 Å². The standard InChI is InChI=1S/C21H23FN2O3/c1-2-27-20(26)21(14-16-5-3-7-18(22)13-16)8-11-24(12-9-21)19(25)17-6-4-10-23-15-17/h3-7,10,13,15H,2,8-9,11-12,14H2,1H3. The topological polar surface area (TPSA) is 59.5 Å². The quantitative estimate of drug-likeness (QED) is 0.758. The lowest BCUT2D eigenvalue weighted by atomic mass is 9.73. The number of rotatable bonds is 5. The Bertz CT molecular complexity index is 802. The number of esters is 1. The second-order valence-electron chi connectivity index (χ2n) is 6.84. The summed E-state index contributed by atoms with van der Waals surface area (Å²) in [7, 11) is 0. The van der Waals surface area contributed by atoms with Crippen molar-refractivity contribution in [1.82, 2.24) is 9.88 Å². The van der Waals surface area contributed by atoms with Crippen molar-refractivity contribution in [2.45, 2.75) is 26.2 Å². The van der Waals surface area contributed by atoms with E-state index in [-0.39, 0.29) is 17.7 Å². The van der Waals surface area contributed by atoms with E-state index in [0.717, 1.165) is 5.56 Å². The van der Waals surface area contributed by atoms with Gasteiger partial charge >= 0.3 is 5.97 Å². The monoisotopic (exact) mass is 370 g/mol. The van der Waals surface area contributed by atoms with Gasteiger partial charge in [0.05, 0.1) is 17.6 Å². The van der Waals surface area contributed by atoms with Crippen LogP contribution in [-0.2, 0) is 16.0 Å². The number of hydrogen-bond donors (Lipinski definition) is 0. The van der Waals surface area contributed by atoms with Crippen LogP contribution in [-0.4, -0.2) is 41.5 Å². The minimum Gasteiger partial charge on any atom is -0.466 e. The molecule has 0 N–H and O–H groups in total. The molecule has 0 spiro atoms. The molecule has 0 bridgehead atoms. The van der Waals surface area contributed by atoms with Gasteiger partial charge in [0.1, 0.15) is 5.82 Å². The number of ether oxygens (including phenoxy) is 1. The maximum absolute atomic E-state index is 13.6. The zero-order chi connectivity index (χ0) is 19.3. The normalized spacial score (nSPS) is 16.0. The molecule has 2 heterocycles. The van der Waals surface area contributed by atoms with Crippen LogP contribution in [0.1, 0.15) is 35.7 Å². The van der Waals surface area contributed by atoms with Gasteiger partial charge in [-0.3, -0.25) is 14.6 Å². The number of piperidine rings is 1. The highest BCUT2D eigenvalue weighted by atomic mass is 19.1. The molecule has 0 saturated carbocycles. The van der Waals surface area contributed by atoms with Crippen LogP contribution < -0.4 is 0 Å². The molecule has 1 aliphatic heterocycles. The fourth-order valence-electron chi connectivity index (χ4n) is 3.58. The Labute approximate surface area is 158 Å². The smallest absolute Gasteiger partial charge is 0.312 e. The molecule has 142 valence electrons. The number of amides is 1. The van der Waals surface area contributed by atoms with Gasteiger partial charge < -0.3 is 9.64 Å². The Morgan fingerprint density at radius 1 is 1.22 bits per heavy atom. The molecule has 6 heteroatoms. The van der Waals surface area contributed by atoms with Crippen molar-refractivity contribution < 1.29 is 18.7 Å². The lowest BCUT2D eigenvalue weighted by molar-refractivity contribution is -0.158. The van der Waals surface area contributed by atoms with E-state index in [1.807, 2.05) is 6.07 Å². The Balaban J connectivity index is 1.76. The Kier molecular flexibility index (Phi) is 5.84. The summed E-state index contributed by atoms with van der Waals surface area (Å²) in [5, 5.41) is 0. The van der Waals surface area contributed by atoms with Crippen LogP contribution in [0.5, 0.6) is 0 Å². The van der Waals surface area contributed by atoms with Crippen molar-refractivity contribution in [2.75, 3.05) is 19.7 Å². The second kappa shape index (κ2) is 8.29. The molecule has 3 rings (SSSR count). The van der Waals surface area contributed by atoms with Crippen molar-refractivity contribution in [2.24, 2.45) is 5.41 Å². The molecule has 1 amide bonds. The van der Waals surface area contributed by atoms with Gasteiger partial charge in [-0.25, -0.2) is 4.39 Å². The maximum Gasteiger partial charge on any atom is 0.312 e. The number of likely N-dealkylation sites (tertiary alicyclic amines) is 1. The van der Waals surface area contributed by atoms with E-state index in [2.05, 4.69) is 4.98 Å². The zero-order valence-electron chi connectivity index (χ0n) is 15.4. The fraction of sp³-hybridized carbons (Fsp3) is 0.381. The van der Waals surface area contributed by atoms with E-state index < -0.39 is 5.41 Å². The van der Waals surface area contributed by atoms with Gasteiger partial charge in [0.15, 0.2) is 0 Å². The van der Waals surface area contributed by atoms with E-state index >= 15 is 0 Å². The number of pyridine rings is 1. The van der Waals surface area contributed by atoms with E-state index in [9.17, 15) is 14.0 Å². The van der Waals surface area contributed by atoms with Crippen molar-refractivity contribution >= 4 is 11.9 Å². The predicted octanol–water partition coefficient (Wildman–Crippen LogP) is 3.25. The number of carbonyl (C=O) groups excluding carboxylic acids is 2. The minimum atomic E-state index is -0.741. The Morgan fingerprint density at radius 2 is 2.00 bits per heavy atom. The van der Waals surface area contributed by atoms with Gasteiger partial charge in [-0.2, -0.15) is 0 Å². The maximum atomic E-state index is 13.6. The Hall–Kier alpha value is -2.76. The number of benzene rings is 1. The molecule has 1 aromatic heterocycles. The molecule has 1 aliphatic rings. The molecule has 2 aromatic rings. The first-order valence-electron chi connectivity index (χ1n) is 9.15. The molecule has 1 saturated heterocycles. The molecular formula is C21H23FN2O3. The highest BCUT2D eigenvalue weighted by Gasteiger charge is 2.43. The number of nitrogens with zero attached hydrogens (tertiary/aromatic N) is 2. The van der Waals surface area contributed by atoms with Crippen LogP contribution in [0.15, 0.2) is 48.8 Å². The molecule has 0 unspecified atom stereocenters. The summed E-state index contributed by atoms with van der Waals surface area (Å²) in [6, 6.07) is 9.75. The highest BCUT2D eigenvalue weighted by molar-refractivity contribution is 5.94. The number of carbonyl (C=O) groups is 2. The average molecular weight is 370 g/mol. The summed E-state index contributed by atoms with van der Waals surface area (Å²) >= 11 is 0. The van der Waals surface area contributed by atoms with Crippen molar-refractivity contribution in [3.63, 3.8) is 0 Å². The van der Waals surface area contributed by atoms with Gasteiger partial charge in [0.2, 0.25) is 0 Å².